The second kappa shape index (κ2) is 7.46. The molecule has 2 saturated heterocycles. The fraction of sp³-hybridized carbons (Fsp3) is 0.789. The van der Waals surface area contributed by atoms with Gasteiger partial charge < -0.3 is 14.5 Å². The maximum Gasteiger partial charge on any atom is 0.272 e. The molecule has 0 bridgehead atoms. The van der Waals surface area contributed by atoms with E-state index in [1.54, 1.807) is 4.68 Å². The third-order valence-electron chi connectivity index (χ3n) is 5.98. The van der Waals surface area contributed by atoms with Gasteiger partial charge in [0.1, 0.15) is 5.69 Å². The number of nitrogens with zero attached hydrogens (tertiary/aromatic N) is 4. The van der Waals surface area contributed by atoms with Gasteiger partial charge in [0.2, 0.25) is 0 Å². The third-order valence-corrected chi connectivity index (χ3v) is 5.98. The number of carbonyl (C=O) groups is 1. The molecule has 0 N–H and O–H groups in total. The first-order valence-corrected chi connectivity index (χ1v) is 9.66. The van der Waals surface area contributed by atoms with Crippen molar-refractivity contribution in [2.24, 2.45) is 7.05 Å². The smallest absolute Gasteiger partial charge is 0.272 e. The number of hydrogen-bond acceptors (Lipinski definition) is 4. The van der Waals surface area contributed by atoms with Crippen LogP contribution in [0.15, 0.2) is 6.07 Å². The van der Waals surface area contributed by atoms with Gasteiger partial charge in [-0.05, 0) is 51.8 Å². The summed E-state index contributed by atoms with van der Waals surface area (Å²) >= 11 is 0. The van der Waals surface area contributed by atoms with E-state index < -0.39 is 0 Å². The van der Waals surface area contributed by atoms with Crippen LogP contribution in [0.1, 0.15) is 55.7 Å². The van der Waals surface area contributed by atoms with Crippen LogP contribution in [0.3, 0.4) is 0 Å². The Bertz CT molecular complexity index is 601. The zero-order valence-corrected chi connectivity index (χ0v) is 16.1. The number of ether oxygens (including phenoxy) is 1. The number of aromatic nitrogens is 2. The van der Waals surface area contributed by atoms with Crippen LogP contribution in [-0.2, 0) is 11.8 Å². The number of hydrogen-bond donors (Lipinski definition) is 0. The second-order valence-electron chi connectivity index (χ2n) is 7.49. The maximum absolute atomic E-state index is 12.8. The molecule has 1 unspecified atom stereocenters. The van der Waals surface area contributed by atoms with Crippen LogP contribution in [0.4, 0.5) is 0 Å². The Balaban J connectivity index is 1.63. The predicted molar refractivity (Wildman–Crippen MR) is 97.7 cm³/mol. The number of rotatable bonds is 4. The molecule has 25 heavy (non-hydrogen) atoms. The van der Waals surface area contributed by atoms with Crippen molar-refractivity contribution >= 4 is 5.91 Å². The van der Waals surface area contributed by atoms with Crippen LogP contribution in [-0.4, -0.2) is 69.9 Å². The highest BCUT2D eigenvalue weighted by Crippen LogP contribution is 2.37. The number of carbonyl (C=O) groups excluding carboxylic acids is 1. The first kappa shape index (κ1) is 18.4. The normalized spacial score (nSPS) is 23.4. The lowest BCUT2D eigenvalue weighted by Gasteiger charge is -2.48. The van der Waals surface area contributed by atoms with Gasteiger partial charge in [-0.3, -0.25) is 9.48 Å². The topological polar surface area (TPSA) is 50.6 Å². The highest BCUT2D eigenvalue weighted by atomic mass is 16.5. The minimum Gasteiger partial charge on any atom is -0.375 e. The minimum atomic E-state index is -0.0370. The Morgan fingerprint density at radius 2 is 2.04 bits per heavy atom. The van der Waals surface area contributed by atoms with Crippen LogP contribution in [0, 0.1) is 6.92 Å². The van der Waals surface area contributed by atoms with Crippen molar-refractivity contribution in [1.29, 1.82) is 0 Å². The molecule has 3 rings (SSSR count). The maximum atomic E-state index is 12.8. The summed E-state index contributed by atoms with van der Waals surface area (Å²) in [6.45, 7) is 11.0. The van der Waals surface area contributed by atoms with Gasteiger partial charge >= 0.3 is 0 Å². The lowest BCUT2D eigenvalue weighted by molar-refractivity contribution is -0.129. The van der Waals surface area contributed by atoms with Gasteiger partial charge in [0.15, 0.2) is 0 Å². The van der Waals surface area contributed by atoms with E-state index in [0.717, 1.165) is 64.2 Å². The molecular formula is C19H32N4O2. The Labute approximate surface area is 151 Å². The molecular weight excluding hydrogens is 316 g/mol. The van der Waals surface area contributed by atoms with Gasteiger partial charge in [0, 0.05) is 32.8 Å². The van der Waals surface area contributed by atoms with Crippen molar-refractivity contribution in [1.82, 2.24) is 19.6 Å². The van der Waals surface area contributed by atoms with E-state index in [4.69, 9.17) is 4.74 Å². The van der Waals surface area contributed by atoms with Gasteiger partial charge in [-0.2, -0.15) is 5.10 Å². The lowest BCUT2D eigenvalue weighted by Crippen LogP contribution is -2.54. The summed E-state index contributed by atoms with van der Waals surface area (Å²) in [5, 5.41) is 4.30. The summed E-state index contributed by atoms with van der Waals surface area (Å²) in [6.07, 6.45) is 4.10. The molecule has 1 amide bonds. The quantitative estimate of drug-likeness (QED) is 0.837. The Kier molecular flexibility index (Phi) is 5.49. The van der Waals surface area contributed by atoms with Gasteiger partial charge in [0.25, 0.3) is 5.91 Å². The molecule has 6 nitrogen and oxygen atoms in total. The number of likely N-dealkylation sites (tertiary alicyclic amines) is 1. The summed E-state index contributed by atoms with van der Waals surface area (Å²) in [6, 6.07) is 2.49. The minimum absolute atomic E-state index is 0.0370. The van der Waals surface area contributed by atoms with Gasteiger partial charge in [0.05, 0.1) is 11.3 Å². The summed E-state index contributed by atoms with van der Waals surface area (Å²) in [5.74, 6) is 0.0917. The van der Waals surface area contributed by atoms with Gasteiger partial charge in [-0.1, -0.05) is 13.8 Å². The predicted octanol–water partition coefficient (Wildman–Crippen LogP) is 2.22. The van der Waals surface area contributed by atoms with E-state index >= 15 is 0 Å². The number of piperidine rings is 1. The summed E-state index contributed by atoms with van der Waals surface area (Å²) < 4.78 is 7.95. The summed E-state index contributed by atoms with van der Waals surface area (Å²) in [4.78, 5) is 17.3. The molecule has 140 valence electrons. The van der Waals surface area contributed by atoms with Gasteiger partial charge in [-0.15, -0.1) is 0 Å². The van der Waals surface area contributed by atoms with Crippen molar-refractivity contribution in [2.45, 2.75) is 58.1 Å². The van der Waals surface area contributed by atoms with E-state index in [9.17, 15) is 4.79 Å². The molecule has 2 aliphatic heterocycles. The van der Waals surface area contributed by atoms with E-state index in [0.29, 0.717) is 11.7 Å². The lowest BCUT2D eigenvalue weighted by atomic mass is 9.81. The Morgan fingerprint density at radius 3 is 2.60 bits per heavy atom. The van der Waals surface area contributed by atoms with Crippen LogP contribution in [0.2, 0.25) is 0 Å². The van der Waals surface area contributed by atoms with Crippen LogP contribution < -0.4 is 0 Å². The SMILES string of the molecule is CCN(CC)C1CCOC2(CCN(C(=O)c3cc(C)nn3C)CC2)C1. The van der Waals surface area contributed by atoms with Crippen molar-refractivity contribution in [3.8, 4) is 0 Å². The molecule has 3 heterocycles. The summed E-state index contributed by atoms with van der Waals surface area (Å²) in [5.41, 5.74) is 1.53. The number of aryl methyl sites for hydroxylation is 2. The average Bonchev–Trinajstić information content (AvgIpc) is 2.95. The zero-order valence-electron chi connectivity index (χ0n) is 16.1. The third kappa shape index (κ3) is 3.75. The molecule has 2 aliphatic rings. The average molecular weight is 348 g/mol. The second-order valence-corrected chi connectivity index (χ2v) is 7.49. The molecule has 1 aromatic heterocycles. The van der Waals surface area contributed by atoms with E-state index in [1.165, 1.54) is 0 Å². The zero-order chi connectivity index (χ0) is 18.0. The fourth-order valence-corrected chi connectivity index (χ4v) is 4.49. The van der Waals surface area contributed by atoms with Crippen LogP contribution in [0.25, 0.3) is 0 Å². The van der Waals surface area contributed by atoms with Crippen molar-refractivity contribution in [2.75, 3.05) is 32.8 Å². The summed E-state index contributed by atoms with van der Waals surface area (Å²) in [7, 11) is 1.84. The number of amides is 1. The molecule has 1 aromatic rings. The molecule has 0 saturated carbocycles. The van der Waals surface area contributed by atoms with Gasteiger partial charge in [-0.25, -0.2) is 0 Å². The van der Waals surface area contributed by atoms with E-state index in [2.05, 4.69) is 23.8 Å². The van der Waals surface area contributed by atoms with Crippen molar-refractivity contribution < 1.29 is 9.53 Å². The van der Waals surface area contributed by atoms with Crippen molar-refractivity contribution in [3.63, 3.8) is 0 Å². The largest absolute Gasteiger partial charge is 0.375 e. The van der Waals surface area contributed by atoms with E-state index in [1.807, 2.05) is 24.9 Å². The molecule has 1 spiro atoms. The monoisotopic (exact) mass is 348 g/mol. The fourth-order valence-electron chi connectivity index (χ4n) is 4.49. The molecule has 2 fully saturated rings. The first-order valence-electron chi connectivity index (χ1n) is 9.66. The molecule has 6 heteroatoms. The van der Waals surface area contributed by atoms with Crippen molar-refractivity contribution in [3.05, 3.63) is 17.5 Å². The van der Waals surface area contributed by atoms with Crippen LogP contribution >= 0.6 is 0 Å². The van der Waals surface area contributed by atoms with Crippen LogP contribution in [0.5, 0.6) is 0 Å². The molecule has 0 aromatic carbocycles. The molecule has 0 aliphatic carbocycles. The standard InChI is InChI=1S/C19H32N4O2/c1-5-22(6-2)16-7-12-25-19(14-16)8-10-23(11-9-19)18(24)17-13-15(3)20-21(17)4/h13,16H,5-12,14H2,1-4H3. The molecule has 1 atom stereocenters. The first-order chi connectivity index (χ1) is 12.0. The highest BCUT2D eigenvalue weighted by Gasteiger charge is 2.42. The Hall–Kier alpha value is -1.40. The molecule has 0 radical (unpaired) electrons. The van der Waals surface area contributed by atoms with E-state index in [-0.39, 0.29) is 11.5 Å². The Morgan fingerprint density at radius 1 is 1.36 bits per heavy atom. The highest BCUT2D eigenvalue weighted by molar-refractivity contribution is 5.92.